The van der Waals surface area contributed by atoms with Crippen molar-refractivity contribution in [2.75, 3.05) is 19.1 Å². The highest BCUT2D eigenvalue weighted by molar-refractivity contribution is 5.71. The molecule has 10 nitrogen and oxygen atoms in total. The molecule has 3 aliphatic rings. The zero-order valence-corrected chi connectivity index (χ0v) is 20.1. The standard InChI is InChI=1S/C25H28FN7O3/c1-35-24-25(36-2)30-18(11-28-24)13-3-7-16(20(34)9-13)23-27-12-21(31-32-23)33(15-5-6-15)19-10-14-4-8-17(29-14)22(19)26/h3,7,9,11-12,14-15,17,19,22,29,34H,4-6,8,10H2,1-2H3/t14-,17-,19+,22-/m0/s1. The third-order valence-electron chi connectivity index (χ3n) is 7.30. The Morgan fingerprint density at radius 3 is 2.56 bits per heavy atom. The molecule has 4 atom stereocenters. The lowest BCUT2D eigenvalue weighted by Gasteiger charge is -2.40. The summed E-state index contributed by atoms with van der Waals surface area (Å²) in [5, 5.41) is 22.9. The van der Waals surface area contributed by atoms with Crippen molar-refractivity contribution in [2.45, 2.75) is 62.4 Å². The molecule has 2 aromatic heterocycles. The Morgan fingerprint density at radius 2 is 1.86 bits per heavy atom. The molecule has 0 radical (unpaired) electrons. The number of rotatable bonds is 7. The number of fused-ring (bicyclic) bond motifs is 2. The highest BCUT2D eigenvalue weighted by Gasteiger charge is 2.48. The van der Waals surface area contributed by atoms with Crippen molar-refractivity contribution in [3.05, 3.63) is 30.6 Å². The number of phenols is 1. The van der Waals surface area contributed by atoms with Crippen LogP contribution in [0.4, 0.5) is 10.2 Å². The fraction of sp³-hybridized carbons (Fsp3) is 0.480. The maximum atomic E-state index is 15.3. The van der Waals surface area contributed by atoms with E-state index >= 15 is 4.39 Å². The smallest absolute Gasteiger partial charge is 0.278 e. The first-order chi connectivity index (χ1) is 17.6. The molecular formula is C25H28FN7O3. The second-order valence-corrected chi connectivity index (χ2v) is 9.58. The van der Waals surface area contributed by atoms with E-state index in [4.69, 9.17) is 9.47 Å². The third kappa shape index (κ3) is 4.06. The van der Waals surface area contributed by atoms with Crippen molar-refractivity contribution >= 4 is 5.82 Å². The van der Waals surface area contributed by atoms with Gasteiger partial charge < -0.3 is 24.8 Å². The van der Waals surface area contributed by atoms with E-state index < -0.39 is 6.17 Å². The van der Waals surface area contributed by atoms with Crippen molar-refractivity contribution in [3.8, 4) is 40.2 Å². The van der Waals surface area contributed by atoms with E-state index in [1.54, 1.807) is 30.6 Å². The molecule has 3 fully saturated rings. The van der Waals surface area contributed by atoms with Crippen LogP contribution < -0.4 is 19.7 Å². The molecule has 2 aliphatic heterocycles. The van der Waals surface area contributed by atoms with Crippen LogP contribution in [0, 0.1) is 0 Å². The maximum absolute atomic E-state index is 15.3. The van der Waals surface area contributed by atoms with Gasteiger partial charge in [0.1, 0.15) is 11.9 Å². The Kier molecular flexibility index (Phi) is 5.79. The molecule has 0 unspecified atom stereocenters. The topological polar surface area (TPSA) is 118 Å². The molecule has 188 valence electrons. The number of halogens is 1. The number of nitrogens with zero attached hydrogens (tertiary/aromatic N) is 6. The van der Waals surface area contributed by atoms with Crippen molar-refractivity contribution in [1.29, 1.82) is 0 Å². The summed E-state index contributed by atoms with van der Waals surface area (Å²) in [5.41, 5.74) is 1.59. The van der Waals surface area contributed by atoms with E-state index in [0.717, 1.165) is 32.1 Å². The summed E-state index contributed by atoms with van der Waals surface area (Å²) >= 11 is 0. The molecule has 0 amide bonds. The highest BCUT2D eigenvalue weighted by Crippen LogP contribution is 2.40. The average molecular weight is 494 g/mol. The molecule has 11 heteroatoms. The summed E-state index contributed by atoms with van der Waals surface area (Å²) in [6, 6.07) is 5.41. The van der Waals surface area contributed by atoms with Gasteiger partial charge in [0.2, 0.25) is 0 Å². The van der Waals surface area contributed by atoms with Crippen LogP contribution >= 0.6 is 0 Å². The van der Waals surface area contributed by atoms with Gasteiger partial charge in [-0.3, -0.25) is 0 Å². The number of anilines is 1. The number of benzene rings is 1. The number of piperidine rings is 1. The second-order valence-electron chi connectivity index (χ2n) is 9.58. The minimum absolute atomic E-state index is 0.0172. The summed E-state index contributed by atoms with van der Waals surface area (Å²) in [5.74, 6) is 1.39. The minimum atomic E-state index is -0.943. The Bertz CT molecular complexity index is 1260. The normalized spacial score (nSPS) is 25.0. The fourth-order valence-electron chi connectivity index (χ4n) is 5.39. The monoisotopic (exact) mass is 493 g/mol. The molecule has 2 saturated heterocycles. The van der Waals surface area contributed by atoms with Crippen LogP contribution in [0.15, 0.2) is 30.6 Å². The fourth-order valence-corrected chi connectivity index (χ4v) is 5.39. The van der Waals surface area contributed by atoms with Crippen molar-refractivity contribution in [1.82, 2.24) is 30.5 Å². The number of alkyl halides is 1. The zero-order chi connectivity index (χ0) is 24.8. The first kappa shape index (κ1) is 22.8. The first-order valence-electron chi connectivity index (χ1n) is 12.2. The predicted molar refractivity (Wildman–Crippen MR) is 130 cm³/mol. The van der Waals surface area contributed by atoms with E-state index in [1.165, 1.54) is 14.2 Å². The Balaban J connectivity index is 1.25. The van der Waals surface area contributed by atoms with E-state index in [2.05, 4.69) is 35.4 Å². The molecule has 4 heterocycles. The number of phenolic OH excluding ortho intramolecular Hbond substituents is 1. The third-order valence-corrected chi connectivity index (χ3v) is 7.30. The number of aromatic nitrogens is 5. The molecular weight excluding hydrogens is 465 g/mol. The number of hydrogen-bond donors (Lipinski definition) is 2. The summed E-state index contributed by atoms with van der Waals surface area (Å²) < 4.78 is 25.6. The van der Waals surface area contributed by atoms with Gasteiger partial charge >= 0.3 is 0 Å². The van der Waals surface area contributed by atoms with E-state index in [-0.39, 0.29) is 35.6 Å². The van der Waals surface area contributed by atoms with Crippen LogP contribution in [0.3, 0.4) is 0 Å². The van der Waals surface area contributed by atoms with Gasteiger partial charge in [-0.25, -0.2) is 19.3 Å². The van der Waals surface area contributed by atoms with E-state index in [9.17, 15) is 5.11 Å². The molecule has 2 bridgehead atoms. The number of nitrogens with one attached hydrogen (secondary N) is 1. The summed E-state index contributed by atoms with van der Waals surface area (Å²) in [6.07, 6.45) is 6.96. The van der Waals surface area contributed by atoms with Crippen molar-refractivity contribution in [2.24, 2.45) is 0 Å². The van der Waals surface area contributed by atoms with Crippen LogP contribution in [0.1, 0.15) is 32.1 Å². The van der Waals surface area contributed by atoms with Crippen LogP contribution in [0.5, 0.6) is 17.5 Å². The van der Waals surface area contributed by atoms with Gasteiger partial charge in [0.05, 0.1) is 43.9 Å². The maximum Gasteiger partial charge on any atom is 0.278 e. The van der Waals surface area contributed by atoms with Gasteiger partial charge in [0, 0.05) is 23.7 Å². The van der Waals surface area contributed by atoms with Crippen molar-refractivity contribution in [3.63, 3.8) is 0 Å². The predicted octanol–water partition coefficient (Wildman–Crippen LogP) is 2.92. The Labute approximate surface area is 207 Å². The van der Waals surface area contributed by atoms with Gasteiger partial charge in [-0.15, -0.1) is 10.2 Å². The van der Waals surface area contributed by atoms with Crippen LogP contribution in [0.2, 0.25) is 0 Å². The van der Waals surface area contributed by atoms with Crippen molar-refractivity contribution < 1.29 is 19.0 Å². The molecule has 1 saturated carbocycles. The van der Waals surface area contributed by atoms with Gasteiger partial charge in [0.25, 0.3) is 11.8 Å². The average Bonchev–Trinajstić information content (AvgIpc) is 3.66. The lowest BCUT2D eigenvalue weighted by atomic mass is 9.96. The van der Waals surface area contributed by atoms with Crippen LogP contribution in [0.25, 0.3) is 22.6 Å². The molecule has 6 rings (SSSR count). The number of aromatic hydroxyl groups is 1. The second kappa shape index (κ2) is 9.12. The molecule has 2 N–H and O–H groups in total. The summed E-state index contributed by atoms with van der Waals surface area (Å²) in [6.45, 7) is 0. The molecule has 3 aromatic rings. The molecule has 1 aromatic carbocycles. The zero-order valence-electron chi connectivity index (χ0n) is 20.1. The molecule has 1 aliphatic carbocycles. The summed E-state index contributed by atoms with van der Waals surface area (Å²) in [4.78, 5) is 15.2. The highest BCUT2D eigenvalue weighted by atomic mass is 19.1. The van der Waals surface area contributed by atoms with E-state index in [0.29, 0.717) is 34.5 Å². The Hall–Kier alpha value is -3.60. The lowest BCUT2D eigenvalue weighted by Crippen LogP contribution is -2.57. The molecule has 0 spiro atoms. The number of hydrogen-bond acceptors (Lipinski definition) is 10. The quantitative estimate of drug-likeness (QED) is 0.509. The Morgan fingerprint density at radius 1 is 1.03 bits per heavy atom. The number of methoxy groups -OCH3 is 2. The minimum Gasteiger partial charge on any atom is -0.507 e. The van der Waals surface area contributed by atoms with Gasteiger partial charge in [-0.05, 0) is 44.2 Å². The molecule has 36 heavy (non-hydrogen) atoms. The van der Waals surface area contributed by atoms with E-state index in [1.807, 2.05) is 0 Å². The first-order valence-corrected chi connectivity index (χ1v) is 12.2. The van der Waals surface area contributed by atoms with Gasteiger partial charge in [-0.2, -0.15) is 0 Å². The largest absolute Gasteiger partial charge is 0.507 e. The van der Waals surface area contributed by atoms with Gasteiger partial charge in [-0.1, -0.05) is 6.07 Å². The number of ether oxygens (including phenoxy) is 2. The SMILES string of the molecule is COc1ncc(-c2ccc(-c3ncc(N(C4CC4)[C@@H]4C[C@@H]5CC[C@H](N5)[C@@H]4F)nn3)c(O)c2)nc1OC. The van der Waals surface area contributed by atoms with Crippen LogP contribution in [-0.4, -0.2) is 74.8 Å². The lowest BCUT2D eigenvalue weighted by molar-refractivity contribution is 0.171. The summed E-state index contributed by atoms with van der Waals surface area (Å²) in [7, 11) is 2.97. The van der Waals surface area contributed by atoms with Crippen LogP contribution in [-0.2, 0) is 0 Å². The van der Waals surface area contributed by atoms with Gasteiger partial charge in [0.15, 0.2) is 11.6 Å².